The lowest BCUT2D eigenvalue weighted by atomic mass is 10.1. The number of hydrogen-bond acceptors (Lipinski definition) is 3. The molecule has 1 aliphatic rings. The smallest absolute Gasteiger partial charge is 0.315 e. The second kappa shape index (κ2) is 5.95. The Morgan fingerprint density at radius 3 is 2.90 bits per heavy atom. The van der Waals surface area contributed by atoms with Crippen LogP contribution in [0.3, 0.4) is 0 Å². The molecule has 0 bridgehead atoms. The minimum atomic E-state index is -0.111. The normalized spacial score (nSPS) is 17.1. The highest BCUT2D eigenvalue weighted by atomic mass is 16.2. The minimum Gasteiger partial charge on any atom is -0.338 e. The molecule has 2 heterocycles. The fourth-order valence-electron chi connectivity index (χ4n) is 2.64. The van der Waals surface area contributed by atoms with Gasteiger partial charge in [-0.05, 0) is 13.3 Å². The van der Waals surface area contributed by atoms with E-state index in [2.05, 4.69) is 25.4 Å². The average Bonchev–Trinajstić information content (AvgIpc) is 2.91. The molecule has 1 atom stereocenters. The standard InChI is InChI=1S/C15H19N5O/c1-2-16-15(21)17-12-8-9-13-18-19-14(20(13)10-12)11-6-4-3-5-7-11/h3-7,12H,2,8-10H2,1H3,(H2,16,17,21). The van der Waals surface area contributed by atoms with Crippen LogP contribution in [0.25, 0.3) is 11.4 Å². The second-order valence-corrected chi connectivity index (χ2v) is 5.16. The summed E-state index contributed by atoms with van der Waals surface area (Å²) in [5.74, 6) is 1.86. The first-order valence-electron chi connectivity index (χ1n) is 7.29. The lowest BCUT2D eigenvalue weighted by molar-refractivity contribution is 0.233. The number of nitrogens with one attached hydrogen (secondary N) is 2. The molecule has 6 nitrogen and oxygen atoms in total. The first kappa shape index (κ1) is 13.6. The van der Waals surface area contributed by atoms with E-state index in [1.54, 1.807) is 0 Å². The van der Waals surface area contributed by atoms with Crippen LogP contribution in [0.15, 0.2) is 30.3 Å². The van der Waals surface area contributed by atoms with Crippen molar-refractivity contribution < 1.29 is 4.79 Å². The van der Waals surface area contributed by atoms with E-state index in [4.69, 9.17) is 0 Å². The van der Waals surface area contributed by atoms with Crippen LogP contribution in [0, 0.1) is 0 Å². The van der Waals surface area contributed by atoms with Crippen molar-refractivity contribution in [2.24, 2.45) is 0 Å². The summed E-state index contributed by atoms with van der Waals surface area (Å²) >= 11 is 0. The molecule has 0 aliphatic carbocycles. The second-order valence-electron chi connectivity index (χ2n) is 5.16. The Bertz CT molecular complexity index is 622. The van der Waals surface area contributed by atoms with Crippen LogP contribution in [-0.2, 0) is 13.0 Å². The number of hydrogen-bond donors (Lipinski definition) is 2. The fourth-order valence-corrected chi connectivity index (χ4v) is 2.64. The summed E-state index contributed by atoms with van der Waals surface area (Å²) in [4.78, 5) is 11.7. The van der Waals surface area contributed by atoms with Gasteiger partial charge in [-0.1, -0.05) is 30.3 Å². The summed E-state index contributed by atoms with van der Waals surface area (Å²) in [5.41, 5.74) is 1.05. The molecule has 21 heavy (non-hydrogen) atoms. The summed E-state index contributed by atoms with van der Waals surface area (Å²) in [7, 11) is 0. The molecule has 2 amide bonds. The number of fused-ring (bicyclic) bond motifs is 1. The third-order valence-corrected chi connectivity index (χ3v) is 3.65. The SMILES string of the molecule is CCNC(=O)NC1CCc2nnc(-c3ccccc3)n2C1. The number of aromatic nitrogens is 3. The number of urea groups is 1. The van der Waals surface area contributed by atoms with Gasteiger partial charge in [0.15, 0.2) is 5.82 Å². The number of carbonyl (C=O) groups is 1. The number of nitrogens with zero attached hydrogens (tertiary/aromatic N) is 3. The van der Waals surface area contributed by atoms with Gasteiger partial charge >= 0.3 is 6.03 Å². The summed E-state index contributed by atoms with van der Waals surface area (Å²) in [6, 6.07) is 10.0. The van der Waals surface area contributed by atoms with E-state index in [1.807, 2.05) is 37.3 Å². The van der Waals surface area contributed by atoms with Crippen molar-refractivity contribution in [2.45, 2.75) is 32.4 Å². The van der Waals surface area contributed by atoms with Crippen LogP contribution in [0.5, 0.6) is 0 Å². The Kier molecular flexibility index (Phi) is 3.85. The first-order chi connectivity index (χ1) is 10.3. The van der Waals surface area contributed by atoms with E-state index in [0.29, 0.717) is 13.1 Å². The Hall–Kier alpha value is -2.37. The lowest BCUT2D eigenvalue weighted by Gasteiger charge is -2.25. The third-order valence-electron chi connectivity index (χ3n) is 3.65. The molecule has 1 aliphatic heterocycles. The van der Waals surface area contributed by atoms with Gasteiger partial charge in [-0.2, -0.15) is 0 Å². The Morgan fingerprint density at radius 1 is 1.33 bits per heavy atom. The predicted molar refractivity (Wildman–Crippen MR) is 79.8 cm³/mol. The van der Waals surface area contributed by atoms with E-state index < -0.39 is 0 Å². The molecule has 0 saturated heterocycles. The average molecular weight is 285 g/mol. The van der Waals surface area contributed by atoms with Gasteiger partial charge in [-0.15, -0.1) is 10.2 Å². The zero-order chi connectivity index (χ0) is 14.7. The van der Waals surface area contributed by atoms with Crippen molar-refractivity contribution in [3.8, 4) is 11.4 Å². The summed E-state index contributed by atoms with van der Waals surface area (Å²) in [5, 5.41) is 14.3. The van der Waals surface area contributed by atoms with Crippen LogP contribution < -0.4 is 10.6 Å². The van der Waals surface area contributed by atoms with Crippen molar-refractivity contribution in [3.63, 3.8) is 0 Å². The molecule has 0 saturated carbocycles. The molecule has 0 spiro atoms. The van der Waals surface area contributed by atoms with Gasteiger partial charge in [0.05, 0.1) is 0 Å². The third kappa shape index (κ3) is 2.89. The van der Waals surface area contributed by atoms with Gasteiger partial charge in [0, 0.05) is 31.1 Å². The maximum Gasteiger partial charge on any atom is 0.315 e. The van der Waals surface area contributed by atoms with E-state index >= 15 is 0 Å². The van der Waals surface area contributed by atoms with Crippen LogP contribution in [-0.4, -0.2) is 33.4 Å². The van der Waals surface area contributed by atoms with E-state index in [-0.39, 0.29) is 12.1 Å². The van der Waals surface area contributed by atoms with Crippen LogP contribution in [0.2, 0.25) is 0 Å². The lowest BCUT2D eigenvalue weighted by Crippen LogP contribution is -2.45. The molecule has 3 rings (SSSR count). The number of carbonyl (C=O) groups excluding carboxylic acids is 1. The summed E-state index contributed by atoms with van der Waals surface area (Å²) in [6.07, 6.45) is 1.72. The largest absolute Gasteiger partial charge is 0.338 e. The molecular formula is C15H19N5O. The number of benzene rings is 1. The summed E-state index contributed by atoms with van der Waals surface area (Å²) in [6.45, 7) is 3.25. The molecule has 1 unspecified atom stereocenters. The Balaban J connectivity index is 1.79. The molecule has 0 radical (unpaired) electrons. The highest BCUT2D eigenvalue weighted by molar-refractivity contribution is 5.74. The molecule has 1 aromatic carbocycles. The van der Waals surface area contributed by atoms with Crippen molar-refractivity contribution in [2.75, 3.05) is 6.54 Å². The molecule has 6 heteroatoms. The van der Waals surface area contributed by atoms with Crippen LogP contribution in [0.4, 0.5) is 4.79 Å². The molecule has 2 aromatic rings. The monoisotopic (exact) mass is 285 g/mol. The fraction of sp³-hybridized carbons (Fsp3) is 0.400. The molecule has 0 fully saturated rings. The first-order valence-corrected chi connectivity index (χ1v) is 7.29. The molecule has 2 N–H and O–H groups in total. The van der Waals surface area contributed by atoms with Gasteiger partial charge in [-0.3, -0.25) is 0 Å². The maximum absolute atomic E-state index is 11.7. The number of rotatable bonds is 3. The molecular weight excluding hydrogens is 266 g/mol. The van der Waals surface area contributed by atoms with Crippen molar-refractivity contribution in [1.29, 1.82) is 0 Å². The van der Waals surface area contributed by atoms with Crippen molar-refractivity contribution in [3.05, 3.63) is 36.2 Å². The highest BCUT2D eigenvalue weighted by Crippen LogP contribution is 2.22. The molecule has 1 aromatic heterocycles. The highest BCUT2D eigenvalue weighted by Gasteiger charge is 2.24. The van der Waals surface area contributed by atoms with Crippen molar-refractivity contribution >= 4 is 6.03 Å². The van der Waals surface area contributed by atoms with Crippen LogP contribution >= 0.6 is 0 Å². The number of amides is 2. The Morgan fingerprint density at radius 2 is 2.14 bits per heavy atom. The number of aryl methyl sites for hydroxylation is 1. The van der Waals surface area contributed by atoms with Gasteiger partial charge in [0.25, 0.3) is 0 Å². The predicted octanol–water partition coefficient (Wildman–Crippen LogP) is 1.58. The summed E-state index contributed by atoms with van der Waals surface area (Å²) < 4.78 is 2.11. The van der Waals surface area contributed by atoms with E-state index in [9.17, 15) is 4.79 Å². The van der Waals surface area contributed by atoms with Gasteiger partial charge in [0.2, 0.25) is 0 Å². The van der Waals surface area contributed by atoms with Gasteiger partial charge < -0.3 is 15.2 Å². The van der Waals surface area contributed by atoms with Crippen molar-refractivity contribution in [1.82, 2.24) is 25.4 Å². The zero-order valence-electron chi connectivity index (χ0n) is 12.0. The Labute approximate surface area is 123 Å². The topological polar surface area (TPSA) is 71.8 Å². The van der Waals surface area contributed by atoms with E-state index in [1.165, 1.54) is 0 Å². The quantitative estimate of drug-likeness (QED) is 0.899. The minimum absolute atomic E-state index is 0.111. The van der Waals surface area contributed by atoms with Gasteiger partial charge in [-0.25, -0.2) is 4.79 Å². The van der Waals surface area contributed by atoms with Crippen LogP contribution in [0.1, 0.15) is 19.2 Å². The zero-order valence-corrected chi connectivity index (χ0v) is 12.0. The van der Waals surface area contributed by atoms with E-state index in [0.717, 1.165) is 30.1 Å². The van der Waals surface area contributed by atoms with Gasteiger partial charge in [0.1, 0.15) is 5.82 Å². The molecule has 110 valence electrons. The maximum atomic E-state index is 11.7.